The van der Waals surface area contributed by atoms with Crippen molar-refractivity contribution < 1.29 is 13.2 Å². The molecule has 3 aromatic rings. The molecule has 22 heavy (non-hydrogen) atoms. The van der Waals surface area contributed by atoms with Gasteiger partial charge in [0, 0.05) is 12.6 Å². The third-order valence-electron chi connectivity index (χ3n) is 3.47. The molecule has 0 fully saturated rings. The summed E-state index contributed by atoms with van der Waals surface area (Å²) >= 11 is 0. The minimum absolute atomic E-state index is 0.153. The number of rotatable bonds is 1. The standard InChI is InChI=1S/C14H12F3N5/c1-7-3-4-8(5-9(7)14(15,16)17)11-10-12(18)19-6-20-13(10)22(2)21-11/h3-6H,1-2H3,(H2,18,19,20). The van der Waals surface area contributed by atoms with Crippen LogP contribution in [-0.4, -0.2) is 19.7 Å². The molecule has 0 saturated heterocycles. The van der Waals surface area contributed by atoms with Crippen LogP contribution in [0.2, 0.25) is 0 Å². The number of hydrogen-bond acceptors (Lipinski definition) is 4. The summed E-state index contributed by atoms with van der Waals surface area (Å²) in [5, 5.41) is 4.69. The SMILES string of the molecule is Cc1ccc(-c2nn(C)c3ncnc(N)c23)cc1C(F)(F)F. The van der Waals surface area contributed by atoms with E-state index in [1.807, 2.05) is 0 Å². The number of halogens is 3. The van der Waals surface area contributed by atoms with Gasteiger partial charge in [-0.05, 0) is 18.6 Å². The molecule has 0 saturated carbocycles. The molecule has 2 aromatic heterocycles. The van der Waals surface area contributed by atoms with Gasteiger partial charge in [-0.1, -0.05) is 12.1 Å². The van der Waals surface area contributed by atoms with Crippen LogP contribution in [0.4, 0.5) is 19.0 Å². The van der Waals surface area contributed by atoms with Gasteiger partial charge >= 0.3 is 6.18 Å². The molecule has 0 amide bonds. The van der Waals surface area contributed by atoms with Gasteiger partial charge in [-0.2, -0.15) is 18.3 Å². The van der Waals surface area contributed by atoms with Gasteiger partial charge in [-0.25, -0.2) is 14.6 Å². The Kier molecular flexibility index (Phi) is 3.05. The third-order valence-corrected chi connectivity index (χ3v) is 3.47. The molecular formula is C14H12F3N5. The van der Waals surface area contributed by atoms with Gasteiger partial charge in [0.1, 0.15) is 17.8 Å². The lowest BCUT2D eigenvalue weighted by Crippen LogP contribution is -2.07. The highest BCUT2D eigenvalue weighted by Crippen LogP contribution is 2.36. The number of anilines is 1. The second kappa shape index (κ2) is 4.69. The van der Waals surface area contributed by atoms with E-state index in [2.05, 4.69) is 15.1 Å². The minimum Gasteiger partial charge on any atom is -0.383 e. The second-order valence-electron chi connectivity index (χ2n) is 4.96. The predicted molar refractivity (Wildman–Crippen MR) is 75.9 cm³/mol. The molecule has 3 rings (SSSR count). The maximum atomic E-state index is 13.1. The Hall–Kier alpha value is -2.64. The van der Waals surface area contributed by atoms with E-state index < -0.39 is 11.7 Å². The van der Waals surface area contributed by atoms with Crippen LogP contribution in [0.1, 0.15) is 11.1 Å². The van der Waals surface area contributed by atoms with Gasteiger partial charge in [0.25, 0.3) is 0 Å². The highest BCUT2D eigenvalue weighted by atomic mass is 19.4. The van der Waals surface area contributed by atoms with Gasteiger partial charge < -0.3 is 5.73 Å². The average molecular weight is 307 g/mol. The lowest BCUT2D eigenvalue weighted by molar-refractivity contribution is -0.138. The van der Waals surface area contributed by atoms with Crippen LogP contribution in [-0.2, 0) is 13.2 Å². The van der Waals surface area contributed by atoms with E-state index in [9.17, 15) is 13.2 Å². The number of alkyl halides is 3. The summed E-state index contributed by atoms with van der Waals surface area (Å²) in [6.07, 6.45) is -3.13. The number of nitrogens with zero attached hydrogens (tertiary/aromatic N) is 4. The molecular weight excluding hydrogens is 295 g/mol. The zero-order valence-corrected chi connectivity index (χ0v) is 11.8. The van der Waals surface area contributed by atoms with Crippen LogP contribution in [0.5, 0.6) is 0 Å². The van der Waals surface area contributed by atoms with E-state index in [0.717, 1.165) is 6.07 Å². The maximum Gasteiger partial charge on any atom is 0.416 e. The molecule has 2 heterocycles. The van der Waals surface area contributed by atoms with Crippen LogP contribution in [0.3, 0.4) is 0 Å². The summed E-state index contributed by atoms with van der Waals surface area (Å²) in [6, 6.07) is 4.07. The van der Waals surface area contributed by atoms with Crippen molar-refractivity contribution in [2.45, 2.75) is 13.1 Å². The minimum atomic E-state index is -4.42. The average Bonchev–Trinajstić information content (AvgIpc) is 2.77. The van der Waals surface area contributed by atoms with E-state index in [4.69, 9.17) is 5.73 Å². The number of hydrogen-bond donors (Lipinski definition) is 1. The molecule has 0 unspecified atom stereocenters. The van der Waals surface area contributed by atoms with E-state index in [-0.39, 0.29) is 11.4 Å². The first kappa shape index (κ1) is 14.3. The monoisotopic (exact) mass is 307 g/mol. The van der Waals surface area contributed by atoms with Gasteiger partial charge in [-0.3, -0.25) is 0 Å². The lowest BCUT2D eigenvalue weighted by atomic mass is 10.0. The molecule has 5 nitrogen and oxygen atoms in total. The molecule has 2 N–H and O–H groups in total. The smallest absolute Gasteiger partial charge is 0.383 e. The predicted octanol–water partition coefficient (Wildman–Crippen LogP) is 2.94. The zero-order valence-electron chi connectivity index (χ0n) is 11.8. The number of benzene rings is 1. The van der Waals surface area contributed by atoms with Crippen molar-refractivity contribution in [3.63, 3.8) is 0 Å². The molecule has 0 aliphatic rings. The molecule has 1 aromatic carbocycles. The van der Waals surface area contributed by atoms with Crippen LogP contribution >= 0.6 is 0 Å². The molecule has 0 atom stereocenters. The van der Waals surface area contributed by atoms with E-state index >= 15 is 0 Å². The Morgan fingerprint density at radius 3 is 2.59 bits per heavy atom. The number of nitrogen functional groups attached to an aromatic ring is 1. The molecule has 0 aliphatic heterocycles. The molecule has 0 radical (unpaired) electrons. The largest absolute Gasteiger partial charge is 0.416 e. The number of fused-ring (bicyclic) bond motifs is 1. The third kappa shape index (κ3) is 2.16. The molecule has 0 bridgehead atoms. The molecule has 0 aliphatic carbocycles. The van der Waals surface area contributed by atoms with Crippen molar-refractivity contribution in [3.8, 4) is 11.3 Å². The Morgan fingerprint density at radius 1 is 1.18 bits per heavy atom. The van der Waals surface area contributed by atoms with E-state index in [0.29, 0.717) is 22.3 Å². The highest BCUT2D eigenvalue weighted by Gasteiger charge is 2.33. The Morgan fingerprint density at radius 2 is 1.91 bits per heavy atom. The first-order valence-corrected chi connectivity index (χ1v) is 6.40. The topological polar surface area (TPSA) is 69.6 Å². The van der Waals surface area contributed by atoms with Crippen molar-refractivity contribution in [1.29, 1.82) is 0 Å². The first-order chi connectivity index (χ1) is 10.3. The van der Waals surface area contributed by atoms with Gasteiger partial charge in [0.05, 0.1) is 10.9 Å². The highest BCUT2D eigenvalue weighted by molar-refractivity contribution is 5.98. The van der Waals surface area contributed by atoms with Gasteiger partial charge in [0.2, 0.25) is 0 Å². The van der Waals surface area contributed by atoms with Gasteiger partial charge in [-0.15, -0.1) is 0 Å². The summed E-state index contributed by atoms with van der Waals surface area (Å²) in [7, 11) is 1.65. The second-order valence-corrected chi connectivity index (χ2v) is 4.96. The van der Waals surface area contributed by atoms with Crippen molar-refractivity contribution in [3.05, 3.63) is 35.7 Å². The van der Waals surface area contributed by atoms with Crippen LogP contribution in [0.25, 0.3) is 22.3 Å². The fraction of sp³-hybridized carbons (Fsp3) is 0.214. The molecule has 114 valence electrons. The van der Waals surface area contributed by atoms with Crippen molar-refractivity contribution in [2.75, 3.05) is 5.73 Å². The normalized spacial score (nSPS) is 12.0. The summed E-state index contributed by atoms with van der Waals surface area (Å²) < 4.78 is 40.7. The Bertz CT molecular complexity index is 867. The quantitative estimate of drug-likeness (QED) is 0.750. The maximum absolute atomic E-state index is 13.1. The Labute approximate surface area is 123 Å². The zero-order chi connectivity index (χ0) is 16.1. The van der Waals surface area contributed by atoms with E-state index in [1.165, 1.54) is 24.0 Å². The summed E-state index contributed by atoms with van der Waals surface area (Å²) in [4.78, 5) is 7.95. The first-order valence-electron chi connectivity index (χ1n) is 6.40. The van der Waals surface area contributed by atoms with Crippen LogP contribution < -0.4 is 5.73 Å². The summed E-state index contributed by atoms with van der Waals surface area (Å²) in [5.41, 5.74) is 6.42. The van der Waals surface area contributed by atoms with Crippen molar-refractivity contribution >= 4 is 16.9 Å². The summed E-state index contributed by atoms with van der Waals surface area (Å²) in [5.74, 6) is 0.183. The fourth-order valence-electron chi connectivity index (χ4n) is 2.39. The molecule has 8 heteroatoms. The van der Waals surface area contributed by atoms with Crippen molar-refractivity contribution in [2.24, 2.45) is 7.05 Å². The lowest BCUT2D eigenvalue weighted by Gasteiger charge is -2.11. The van der Waals surface area contributed by atoms with Crippen molar-refractivity contribution in [1.82, 2.24) is 19.7 Å². The van der Waals surface area contributed by atoms with E-state index in [1.54, 1.807) is 13.1 Å². The Balaban J connectivity index is 2.29. The van der Waals surface area contributed by atoms with Crippen LogP contribution in [0, 0.1) is 6.92 Å². The van der Waals surface area contributed by atoms with Crippen LogP contribution in [0.15, 0.2) is 24.5 Å². The molecule has 0 spiro atoms. The summed E-state index contributed by atoms with van der Waals surface area (Å²) in [6.45, 7) is 1.42. The fourth-order valence-corrected chi connectivity index (χ4v) is 2.39. The number of aryl methyl sites for hydroxylation is 2. The number of nitrogens with two attached hydrogens (primary N) is 1. The number of aromatic nitrogens is 4. The van der Waals surface area contributed by atoms with Gasteiger partial charge in [0.15, 0.2) is 5.65 Å².